The van der Waals surface area contributed by atoms with Crippen LogP contribution in [-0.4, -0.2) is 38.1 Å². The smallest absolute Gasteiger partial charge is 0.0920 e. The Morgan fingerprint density at radius 2 is 2.30 bits per heavy atom. The molecule has 4 nitrogen and oxygen atoms in total. The van der Waals surface area contributed by atoms with Crippen LogP contribution in [0.15, 0.2) is 0 Å². The van der Waals surface area contributed by atoms with Gasteiger partial charge in [0.25, 0.3) is 0 Å². The van der Waals surface area contributed by atoms with Gasteiger partial charge in [-0.15, -0.1) is 0 Å². The highest BCUT2D eigenvalue weighted by Gasteiger charge is 2.01. The molecule has 0 fully saturated rings. The van der Waals surface area contributed by atoms with Gasteiger partial charge in [-0.1, -0.05) is 0 Å². The zero-order valence-electron chi connectivity index (χ0n) is 6.46. The lowest BCUT2D eigenvalue weighted by molar-refractivity contribution is 0.00521. The topological polar surface area (TPSA) is 50.7 Å². The number of rotatable bonds is 6. The molecule has 0 aromatic carbocycles. The van der Waals surface area contributed by atoms with E-state index in [9.17, 15) is 0 Å². The molecule has 0 amide bonds. The van der Waals surface area contributed by atoms with E-state index in [2.05, 4.69) is 10.3 Å². The predicted molar refractivity (Wildman–Crippen MR) is 37.5 cm³/mol. The van der Waals surface area contributed by atoms with Crippen molar-refractivity contribution in [1.82, 2.24) is 5.48 Å². The molecule has 4 heteroatoms. The fourth-order valence-electron chi connectivity index (χ4n) is 0.492. The van der Waals surface area contributed by atoms with E-state index in [0.29, 0.717) is 19.8 Å². The molecule has 0 rings (SSSR count). The van der Waals surface area contributed by atoms with Crippen LogP contribution in [-0.2, 0) is 9.57 Å². The van der Waals surface area contributed by atoms with Crippen molar-refractivity contribution < 1.29 is 14.7 Å². The summed E-state index contributed by atoms with van der Waals surface area (Å²) in [4.78, 5) is 4.53. The third-order valence-electron chi connectivity index (χ3n) is 0.978. The van der Waals surface area contributed by atoms with Crippen LogP contribution in [0.5, 0.6) is 0 Å². The second kappa shape index (κ2) is 6.95. The van der Waals surface area contributed by atoms with Crippen LogP contribution in [0, 0.1) is 0 Å². The number of hydroxylamine groups is 1. The quantitative estimate of drug-likeness (QED) is 0.501. The van der Waals surface area contributed by atoms with E-state index < -0.39 is 6.10 Å². The molecule has 10 heavy (non-hydrogen) atoms. The van der Waals surface area contributed by atoms with E-state index in [1.165, 1.54) is 7.11 Å². The lowest BCUT2D eigenvalue weighted by atomic mass is 10.4. The summed E-state index contributed by atoms with van der Waals surface area (Å²) in [6.45, 7) is 3.27. The SMILES string of the molecule is CCOCC(O)CNOC. The Labute approximate surface area is 61.1 Å². The molecule has 2 N–H and O–H groups in total. The van der Waals surface area contributed by atoms with Gasteiger partial charge in [-0.25, -0.2) is 5.48 Å². The number of hydrogen-bond acceptors (Lipinski definition) is 4. The summed E-state index contributed by atoms with van der Waals surface area (Å²) in [6.07, 6.45) is -0.486. The van der Waals surface area contributed by atoms with Gasteiger partial charge in [-0.3, -0.25) is 0 Å². The summed E-state index contributed by atoms with van der Waals surface area (Å²) in [7, 11) is 1.51. The monoisotopic (exact) mass is 149 g/mol. The molecule has 0 aromatic heterocycles. The minimum absolute atomic E-state index is 0.354. The van der Waals surface area contributed by atoms with E-state index in [1.807, 2.05) is 6.92 Å². The highest BCUT2D eigenvalue weighted by atomic mass is 16.6. The minimum Gasteiger partial charge on any atom is -0.389 e. The van der Waals surface area contributed by atoms with Gasteiger partial charge in [0.1, 0.15) is 0 Å². The largest absolute Gasteiger partial charge is 0.389 e. The summed E-state index contributed by atoms with van der Waals surface area (Å²) in [5.41, 5.74) is 2.53. The van der Waals surface area contributed by atoms with E-state index in [-0.39, 0.29) is 0 Å². The number of nitrogens with one attached hydrogen (secondary N) is 1. The van der Waals surface area contributed by atoms with E-state index >= 15 is 0 Å². The van der Waals surface area contributed by atoms with E-state index in [0.717, 1.165) is 0 Å². The van der Waals surface area contributed by atoms with Crippen molar-refractivity contribution in [1.29, 1.82) is 0 Å². The van der Waals surface area contributed by atoms with Gasteiger partial charge >= 0.3 is 0 Å². The Hall–Kier alpha value is -0.160. The molecule has 0 saturated carbocycles. The van der Waals surface area contributed by atoms with Crippen LogP contribution >= 0.6 is 0 Å². The van der Waals surface area contributed by atoms with Gasteiger partial charge in [0, 0.05) is 13.2 Å². The van der Waals surface area contributed by atoms with Gasteiger partial charge in [0.2, 0.25) is 0 Å². The summed E-state index contributed by atoms with van der Waals surface area (Å²) in [5, 5.41) is 9.04. The van der Waals surface area contributed by atoms with Crippen LogP contribution in [0.2, 0.25) is 0 Å². The summed E-state index contributed by atoms with van der Waals surface area (Å²) >= 11 is 0. The maximum Gasteiger partial charge on any atom is 0.0920 e. The van der Waals surface area contributed by atoms with Crippen LogP contribution in [0.3, 0.4) is 0 Å². The highest BCUT2D eigenvalue weighted by molar-refractivity contribution is 4.52. The fraction of sp³-hybridized carbons (Fsp3) is 1.00. The summed E-state index contributed by atoms with van der Waals surface area (Å²) in [5.74, 6) is 0. The van der Waals surface area contributed by atoms with Gasteiger partial charge in [-0.05, 0) is 6.92 Å². The van der Waals surface area contributed by atoms with Crippen LogP contribution < -0.4 is 5.48 Å². The molecule has 0 aliphatic carbocycles. The maximum atomic E-state index is 9.04. The Kier molecular flexibility index (Phi) is 6.84. The van der Waals surface area contributed by atoms with Crippen molar-refractivity contribution in [3.8, 4) is 0 Å². The van der Waals surface area contributed by atoms with Gasteiger partial charge in [0.05, 0.1) is 19.8 Å². The molecule has 0 aliphatic rings. The summed E-state index contributed by atoms with van der Waals surface area (Å²) in [6, 6.07) is 0. The van der Waals surface area contributed by atoms with Crippen molar-refractivity contribution in [3.05, 3.63) is 0 Å². The normalized spacial score (nSPS) is 13.5. The van der Waals surface area contributed by atoms with Crippen LogP contribution in [0.25, 0.3) is 0 Å². The maximum absolute atomic E-state index is 9.04. The molecule has 1 unspecified atom stereocenters. The van der Waals surface area contributed by atoms with Gasteiger partial charge < -0.3 is 14.7 Å². The predicted octanol–water partition coefficient (Wildman–Crippen LogP) is -0.465. The zero-order valence-corrected chi connectivity index (χ0v) is 6.46. The number of ether oxygens (including phenoxy) is 1. The molecule has 0 aromatic rings. The molecule has 62 valence electrons. The third kappa shape index (κ3) is 5.97. The zero-order chi connectivity index (χ0) is 7.82. The van der Waals surface area contributed by atoms with E-state index in [4.69, 9.17) is 9.84 Å². The van der Waals surface area contributed by atoms with Crippen molar-refractivity contribution >= 4 is 0 Å². The van der Waals surface area contributed by atoms with Crippen molar-refractivity contribution in [2.24, 2.45) is 0 Å². The fourth-order valence-corrected chi connectivity index (χ4v) is 0.492. The number of aliphatic hydroxyl groups excluding tert-OH is 1. The Morgan fingerprint density at radius 1 is 1.60 bits per heavy atom. The average molecular weight is 149 g/mol. The average Bonchev–Trinajstić information content (AvgIpc) is 1.97. The second-order valence-electron chi connectivity index (χ2n) is 1.87. The molecule has 0 heterocycles. The molecule has 0 spiro atoms. The van der Waals surface area contributed by atoms with Crippen LogP contribution in [0.4, 0.5) is 0 Å². The first-order chi connectivity index (χ1) is 4.81. The summed E-state index contributed by atoms with van der Waals surface area (Å²) < 4.78 is 4.95. The van der Waals surface area contributed by atoms with Gasteiger partial charge in [0.15, 0.2) is 0 Å². The lowest BCUT2D eigenvalue weighted by Crippen LogP contribution is -2.29. The molecular formula is C6H15NO3. The first-order valence-corrected chi connectivity index (χ1v) is 3.33. The molecule has 1 atom stereocenters. The number of aliphatic hydroxyl groups is 1. The molecule has 0 saturated heterocycles. The Balaban J connectivity index is 3.00. The van der Waals surface area contributed by atoms with Crippen molar-refractivity contribution in [2.75, 3.05) is 26.9 Å². The molecular weight excluding hydrogens is 134 g/mol. The minimum atomic E-state index is -0.486. The molecule has 0 bridgehead atoms. The first-order valence-electron chi connectivity index (χ1n) is 3.33. The molecule has 0 radical (unpaired) electrons. The Bertz CT molecular complexity index is 62.0. The highest BCUT2D eigenvalue weighted by Crippen LogP contribution is 1.82. The van der Waals surface area contributed by atoms with Crippen molar-refractivity contribution in [3.63, 3.8) is 0 Å². The van der Waals surface area contributed by atoms with Crippen LogP contribution in [0.1, 0.15) is 6.92 Å². The number of hydrogen-bond donors (Lipinski definition) is 2. The second-order valence-corrected chi connectivity index (χ2v) is 1.87. The lowest BCUT2D eigenvalue weighted by Gasteiger charge is -2.09. The third-order valence-corrected chi connectivity index (χ3v) is 0.978. The van der Waals surface area contributed by atoms with Crippen molar-refractivity contribution in [2.45, 2.75) is 13.0 Å². The van der Waals surface area contributed by atoms with Gasteiger partial charge in [-0.2, -0.15) is 0 Å². The van der Waals surface area contributed by atoms with E-state index in [1.54, 1.807) is 0 Å². The standard InChI is InChI=1S/C6H15NO3/c1-3-10-5-6(8)4-7-9-2/h6-8H,3-5H2,1-2H3. The first kappa shape index (κ1) is 9.84. The Morgan fingerprint density at radius 3 is 2.80 bits per heavy atom. The molecule has 0 aliphatic heterocycles.